The summed E-state index contributed by atoms with van der Waals surface area (Å²) in [4.78, 5) is 4.85. The molecular weight excluding hydrogens is 1000 g/mol. The number of hydrogen-bond donors (Lipinski definition) is 0. The van der Waals surface area contributed by atoms with Gasteiger partial charge in [-0.2, -0.15) is 0 Å². The average molecular weight is 1060 g/mol. The molecule has 0 heterocycles. The Morgan fingerprint density at radius 1 is 0.313 bits per heavy atom. The summed E-state index contributed by atoms with van der Waals surface area (Å²) in [6, 6.07) is 120. The molecule has 394 valence electrons. The number of fused-ring (bicyclic) bond motifs is 2. The van der Waals surface area contributed by atoms with Crippen LogP contribution in [0.25, 0.3) is 33.4 Å². The molecule has 0 N–H and O–H groups in total. The van der Waals surface area contributed by atoms with Crippen LogP contribution in [-0.4, -0.2) is 0 Å². The number of nitrogens with zero attached hydrogens (tertiary/aromatic N) is 2. The lowest BCUT2D eigenvalue weighted by Gasteiger charge is -2.35. The van der Waals surface area contributed by atoms with E-state index in [-0.39, 0.29) is 0 Å². The largest absolute Gasteiger partial charge is 0.310 e. The van der Waals surface area contributed by atoms with E-state index in [1.54, 1.807) is 0 Å². The maximum atomic E-state index is 5.20. The Morgan fingerprint density at radius 3 is 1.13 bits per heavy atom. The first-order valence-electron chi connectivity index (χ1n) is 28.7. The summed E-state index contributed by atoms with van der Waals surface area (Å²) in [5.74, 6) is 0. The number of hydrogen-bond acceptors (Lipinski definition) is 2. The van der Waals surface area contributed by atoms with Crippen molar-refractivity contribution in [3.63, 3.8) is 0 Å². The molecule has 0 saturated carbocycles. The van der Waals surface area contributed by atoms with Gasteiger partial charge in [-0.15, -0.1) is 0 Å². The van der Waals surface area contributed by atoms with E-state index in [1.165, 1.54) is 66.8 Å². The first kappa shape index (κ1) is 50.7. The lowest BCUT2D eigenvalue weighted by atomic mass is 9.66. The molecule has 2 aliphatic carbocycles. The molecule has 0 bridgehead atoms. The van der Waals surface area contributed by atoms with Crippen LogP contribution < -0.4 is 9.80 Å². The minimum Gasteiger partial charge on any atom is -0.310 e. The normalized spacial score (nSPS) is 14.3. The average Bonchev–Trinajstić information content (AvgIpc) is 4.08. The highest BCUT2D eigenvalue weighted by molar-refractivity contribution is 6.03. The van der Waals surface area contributed by atoms with Crippen LogP contribution in [0.1, 0.15) is 51.4 Å². The third-order valence-corrected chi connectivity index (χ3v) is 17.3. The van der Waals surface area contributed by atoms with Crippen LogP contribution in [0.5, 0.6) is 0 Å². The number of para-hydroxylation sites is 2. The summed E-state index contributed by atoms with van der Waals surface area (Å²) >= 11 is 0. The fourth-order valence-electron chi connectivity index (χ4n) is 13.5. The van der Waals surface area contributed by atoms with Gasteiger partial charge in [-0.05, 0) is 163 Å². The Morgan fingerprint density at radius 2 is 0.675 bits per heavy atom. The molecule has 83 heavy (non-hydrogen) atoms. The Balaban J connectivity index is 1.05. The van der Waals surface area contributed by atoms with Crippen molar-refractivity contribution < 1.29 is 0 Å². The first-order valence-corrected chi connectivity index (χ1v) is 28.7. The number of anilines is 6. The van der Waals surface area contributed by atoms with E-state index in [1.807, 2.05) is 0 Å². The molecule has 0 amide bonds. The van der Waals surface area contributed by atoms with Crippen LogP contribution in [0, 0.1) is 0 Å². The third-order valence-electron chi connectivity index (χ3n) is 17.3. The van der Waals surface area contributed by atoms with E-state index in [0.717, 1.165) is 56.4 Å². The van der Waals surface area contributed by atoms with Crippen LogP contribution in [0.4, 0.5) is 34.1 Å². The quantitative estimate of drug-likeness (QED) is 0.114. The highest BCUT2D eigenvalue weighted by atomic mass is 15.1. The zero-order valence-corrected chi connectivity index (χ0v) is 46.4. The maximum Gasteiger partial charge on any atom is 0.0714 e. The predicted molar refractivity (Wildman–Crippen MR) is 348 cm³/mol. The van der Waals surface area contributed by atoms with Gasteiger partial charge in [-0.3, -0.25) is 0 Å². The van der Waals surface area contributed by atoms with Gasteiger partial charge >= 0.3 is 0 Å². The summed E-state index contributed by atoms with van der Waals surface area (Å²) in [6.07, 6.45) is 2.55. The topological polar surface area (TPSA) is 6.48 Å². The molecule has 2 aliphatic rings. The first-order chi connectivity index (χ1) is 41.0. The maximum absolute atomic E-state index is 5.20. The number of allylic oxidation sites excluding steroid dienone is 5. The molecule has 0 atom stereocenters. The molecule has 0 aliphatic heterocycles. The molecule has 2 heteroatoms. The lowest BCUT2D eigenvalue weighted by Crippen LogP contribution is -2.29. The van der Waals surface area contributed by atoms with Crippen LogP contribution in [-0.2, 0) is 10.8 Å². The predicted octanol–water partition coefficient (Wildman–Crippen LogP) is 21.1. The summed E-state index contributed by atoms with van der Waals surface area (Å²) in [7, 11) is 0. The van der Waals surface area contributed by atoms with Gasteiger partial charge in [0.2, 0.25) is 0 Å². The van der Waals surface area contributed by atoms with Gasteiger partial charge in [0.25, 0.3) is 0 Å². The monoisotopic (exact) mass is 1060 g/mol. The second kappa shape index (κ2) is 21.5. The molecule has 0 fully saturated rings. The van der Waals surface area contributed by atoms with E-state index in [2.05, 4.69) is 350 Å². The van der Waals surface area contributed by atoms with Crippen molar-refractivity contribution in [3.8, 4) is 22.3 Å². The summed E-state index contributed by atoms with van der Waals surface area (Å²) in [5, 5.41) is 0. The standard InChI is InChI=1S/C81H60N2/c1-58-73-55-54-72(82(68-40-23-9-24-41-68)70-50-46-62(47-51-70)60-28-11-3-12-29-60)56-77(73)81(66-36-19-7-20-37-66,67-38-21-8-22-39-67)76(58)57-74-59(2)80(64-32-15-5-16-33-64,65-34-17-6-18-35-65)75-44-27-45-78(79(74)75)83(69-42-25-10-26-43-69)71-52-48-63(49-53-71)61-30-13-4-14-31-61/h3-57H,1H2,2H3/b76-57+. The van der Waals surface area contributed by atoms with Gasteiger partial charge in [0, 0.05) is 34.0 Å². The smallest absolute Gasteiger partial charge is 0.0714 e. The SMILES string of the molecule is C=C1/C(=C\C2=C(C)C(c3ccccc3)(c3ccccc3)c3cccc(N(c4ccccc4)c4ccc(-c5ccccc5)cc4)c32)C(c2ccccc2)(c2ccccc2)c2cc(N(c3ccccc3)c3ccc(-c4ccccc4)cc3)ccc21. The molecule has 12 aromatic rings. The summed E-state index contributed by atoms with van der Waals surface area (Å²) in [5.41, 5.74) is 23.6. The fraction of sp³-hybridized carbons (Fsp3) is 0.0370. The number of rotatable bonds is 13. The Hall–Kier alpha value is -10.5. The van der Waals surface area contributed by atoms with Crippen molar-refractivity contribution in [3.05, 3.63) is 396 Å². The van der Waals surface area contributed by atoms with Crippen LogP contribution in [0.15, 0.2) is 351 Å². The zero-order valence-electron chi connectivity index (χ0n) is 46.4. The van der Waals surface area contributed by atoms with Gasteiger partial charge in [0.05, 0.1) is 16.5 Å². The van der Waals surface area contributed by atoms with Crippen LogP contribution >= 0.6 is 0 Å². The van der Waals surface area contributed by atoms with Crippen molar-refractivity contribution in [1.82, 2.24) is 0 Å². The summed E-state index contributed by atoms with van der Waals surface area (Å²) in [6.45, 7) is 7.58. The van der Waals surface area contributed by atoms with Gasteiger partial charge in [-0.1, -0.05) is 267 Å². The van der Waals surface area contributed by atoms with Crippen LogP contribution in [0.2, 0.25) is 0 Å². The molecule has 14 rings (SSSR count). The highest BCUT2D eigenvalue weighted by Gasteiger charge is 2.51. The Bertz CT molecular complexity index is 4250. The van der Waals surface area contributed by atoms with Crippen molar-refractivity contribution in [2.75, 3.05) is 9.80 Å². The zero-order chi connectivity index (χ0) is 55.7. The summed E-state index contributed by atoms with van der Waals surface area (Å²) < 4.78 is 0. The van der Waals surface area contributed by atoms with Crippen LogP contribution in [0.3, 0.4) is 0 Å². The van der Waals surface area contributed by atoms with Gasteiger partial charge in [0.1, 0.15) is 0 Å². The second-order valence-electron chi connectivity index (χ2n) is 21.6. The molecular formula is C81H60N2. The Labute approximate surface area is 488 Å². The minimum absolute atomic E-state index is 0.672. The van der Waals surface area contributed by atoms with Gasteiger partial charge in [0.15, 0.2) is 0 Å². The third kappa shape index (κ3) is 8.58. The molecule has 0 radical (unpaired) electrons. The van der Waals surface area contributed by atoms with E-state index in [9.17, 15) is 0 Å². The molecule has 0 unspecified atom stereocenters. The molecule has 0 saturated heterocycles. The molecule has 0 spiro atoms. The van der Waals surface area contributed by atoms with Crippen molar-refractivity contribution in [1.29, 1.82) is 0 Å². The lowest BCUT2D eigenvalue weighted by molar-refractivity contribution is 0.743. The molecule has 2 nitrogen and oxygen atoms in total. The highest BCUT2D eigenvalue weighted by Crippen LogP contribution is 2.62. The minimum atomic E-state index is -0.815. The van der Waals surface area contributed by atoms with E-state index in [0.29, 0.717) is 0 Å². The fourth-order valence-corrected chi connectivity index (χ4v) is 13.5. The van der Waals surface area contributed by atoms with Gasteiger partial charge < -0.3 is 9.80 Å². The van der Waals surface area contributed by atoms with E-state index in [4.69, 9.17) is 6.58 Å². The molecule has 12 aromatic carbocycles. The second-order valence-corrected chi connectivity index (χ2v) is 21.6. The van der Waals surface area contributed by atoms with Gasteiger partial charge in [-0.25, -0.2) is 0 Å². The van der Waals surface area contributed by atoms with Crippen molar-refractivity contribution in [2.24, 2.45) is 0 Å². The molecule has 0 aromatic heterocycles. The number of benzene rings is 12. The Kier molecular flexibility index (Phi) is 13.1. The van der Waals surface area contributed by atoms with Crippen molar-refractivity contribution >= 4 is 45.3 Å². The van der Waals surface area contributed by atoms with Crippen molar-refractivity contribution in [2.45, 2.75) is 17.8 Å². The van der Waals surface area contributed by atoms with E-state index >= 15 is 0 Å². The van der Waals surface area contributed by atoms with E-state index < -0.39 is 10.8 Å².